The first kappa shape index (κ1) is 12.9. The second-order valence-electron chi connectivity index (χ2n) is 3.84. The highest BCUT2D eigenvalue weighted by atomic mass is 16.4. The summed E-state index contributed by atoms with van der Waals surface area (Å²) in [6, 6.07) is 0. The van der Waals surface area contributed by atoms with E-state index in [0.29, 0.717) is 0 Å². The lowest BCUT2D eigenvalue weighted by Crippen LogP contribution is -2.51. The zero-order valence-electron chi connectivity index (χ0n) is 8.49. The molecule has 94 valence electrons. The average Bonchev–Trinajstić information content (AvgIpc) is 2.57. The van der Waals surface area contributed by atoms with Crippen LogP contribution in [0.25, 0.3) is 0 Å². The zero-order valence-corrected chi connectivity index (χ0v) is 8.49. The van der Waals surface area contributed by atoms with E-state index in [0.717, 1.165) is 0 Å². The molecular weight excluding hydrogens is 236 g/mol. The Balaban J connectivity index is 3.41. The topological polar surface area (TPSA) is 149 Å². The van der Waals surface area contributed by atoms with Crippen molar-refractivity contribution in [2.45, 2.75) is 12.8 Å². The number of hydrogen-bond acceptors (Lipinski definition) is 4. The van der Waals surface area contributed by atoms with Crippen LogP contribution >= 0.6 is 0 Å². The smallest absolute Gasteiger partial charge is 0.322 e. The summed E-state index contributed by atoms with van der Waals surface area (Å²) in [5.41, 5.74) is -2.79. The lowest BCUT2D eigenvalue weighted by molar-refractivity contribution is -0.181. The van der Waals surface area contributed by atoms with Crippen molar-refractivity contribution in [2.75, 3.05) is 0 Å². The van der Waals surface area contributed by atoms with E-state index in [1.54, 1.807) is 0 Å². The molecule has 1 aliphatic carbocycles. The number of rotatable bonds is 4. The molecule has 1 fully saturated rings. The molecule has 0 aliphatic heterocycles. The lowest BCUT2D eigenvalue weighted by Gasteiger charge is -2.27. The third-order valence-corrected chi connectivity index (χ3v) is 3.15. The molecule has 0 aromatic carbocycles. The quantitative estimate of drug-likeness (QED) is 0.477. The summed E-state index contributed by atoms with van der Waals surface area (Å²) in [6.07, 6.45) is -0.574. The Bertz CT molecular complexity index is 360. The summed E-state index contributed by atoms with van der Waals surface area (Å²) in [7, 11) is 0. The van der Waals surface area contributed by atoms with Crippen LogP contribution in [0, 0.1) is 17.3 Å². The van der Waals surface area contributed by atoms with Gasteiger partial charge in [0.25, 0.3) is 0 Å². The fourth-order valence-electron chi connectivity index (χ4n) is 2.36. The highest BCUT2D eigenvalue weighted by Gasteiger charge is 2.67. The Hall–Kier alpha value is -2.12. The van der Waals surface area contributed by atoms with Gasteiger partial charge in [-0.2, -0.15) is 0 Å². The minimum atomic E-state index is -2.79. The molecule has 1 rings (SSSR count). The molecule has 1 saturated carbocycles. The van der Waals surface area contributed by atoms with Crippen molar-refractivity contribution in [3.8, 4) is 0 Å². The second-order valence-corrected chi connectivity index (χ2v) is 3.84. The minimum Gasteiger partial charge on any atom is -0.481 e. The van der Waals surface area contributed by atoms with Gasteiger partial charge in [0.2, 0.25) is 0 Å². The fraction of sp³-hybridized carbons (Fsp3) is 0.556. The molecule has 4 N–H and O–H groups in total. The number of aliphatic carboxylic acids is 4. The van der Waals surface area contributed by atoms with Gasteiger partial charge in [0, 0.05) is 0 Å². The van der Waals surface area contributed by atoms with E-state index in [-0.39, 0.29) is 12.8 Å². The molecule has 0 saturated heterocycles. The van der Waals surface area contributed by atoms with E-state index in [1.165, 1.54) is 0 Å². The standard InChI is InChI=1S/C9H10O8/c10-5(11)3-1-2-4(6(12)13)9(3,7(14)15)8(16)17/h3-4H,1-2H2,(H,10,11)(H,12,13)(H,14,15)(H,16,17). The maximum Gasteiger partial charge on any atom is 0.322 e. The Labute approximate surface area is 94.5 Å². The zero-order chi connectivity index (χ0) is 13.4. The van der Waals surface area contributed by atoms with Gasteiger partial charge in [-0.1, -0.05) is 0 Å². The summed E-state index contributed by atoms with van der Waals surface area (Å²) < 4.78 is 0. The molecule has 0 amide bonds. The highest BCUT2D eigenvalue weighted by Crippen LogP contribution is 2.48. The summed E-state index contributed by atoms with van der Waals surface area (Å²) in [4.78, 5) is 43.9. The molecule has 0 radical (unpaired) electrons. The van der Waals surface area contributed by atoms with Crippen LogP contribution in [0.1, 0.15) is 12.8 Å². The van der Waals surface area contributed by atoms with Crippen molar-refractivity contribution in [1.82, 2.24) is 0 Å². The number of carbonyl (C=O) groups is 4. The SMILES string of the molecule is O=C(O)C1CCC(C(=O)O)C1(C(=O)O)C(=O)O. The minimum absolute atomic E-state index is 0.287. The van der Waals surface area contributed by atoms with Gasteiger partial charge in [0.1, 0.15) is 0 Å². The van der Waals surface area contributed by atoms with Gasteiger partial charge < -0.3 is 20.4 Å². The van der Waals surface area contributed by atoms with Crippen molar-refractivity contribution in [3.05, 3.63) is 0 Å². The molecule has 0 spiro atoms. The number of hydrogen-bond donors (Lipinski definition) is 4. The van der Waals surface area contributed by atoms with Crippen molar-refractivity contribution >= 4 is 23.9 Å². The third-order valence-electron chi connectivity index (χ3n) is 3.15. The second kappa shape index (κ2) is 4.04. The largest absolute Gasteiger partial charge is 0.481 e. The predicted molar refractivity (Wildman–Crippen MR) is 49.2 cm³/mol. The summed E-state index contributed by atoms with van der Waals surface area (Å²) >= 11 is 0. The first-order valence-corrected chi connectivity index (χ1v) is 4.68. The van der Waals surface area contributed by atoms with Gasteiger partial charge in [-0.15, -0.1) is 0 Å². The van der Waals surface area contributed by atoms with Crippen LogP contribution < -0.4 is 0 Å². The molecule has 0 heterocycles. The Morgan fingerprint density at radius 3 is 1.24 bits per heavy atom. The van der Waals surface area contributed by atoms with Gasteiger partial charge >= 0.3 is 23.9 Å². The van der Waals surface area contributed by atoms with Crippen molar-refractivity contribution in [2.24, 2.45) is 17.3 Å². The van der Waals surface area contributed by atoms with Gasteiger partial charge in [0.15, 0.2) is 5.41 Å². The van der Waals surface area contributed by atoms with Gasteiger partial charge in [-0.25, -0.2) is 0 Å². The van der Waals surface area contributed by atoms with Crippen molar-refractivity contribution < 1.29 is 39.6 Å². The number of carboxylic acid groups (broad SMARTS) is 4. The first-order chi connectivity index (χ1) is 7.76. The normalized spacial score (nSPS) is 26.4. The average molecular weight is 246 g/mol. The maximum absolute atomic E-state index is 11.1. The van der Waals surface area contributed by atoms with Crippen molar-refractivity contribution in [1.29, 1.82) is 0 Å². The Morgan fingerprint density at radius 1 is 0.765 bits per heavy atom. The van der Waals surface area contributed by atoms with E-state index in [4.69, 9.17) is 20.4 Å². The molecule has 0 aromatic rings. The molecule has 8 heteroatoms. The van der Waals surface area contributed by atoms with Crippen LogP contribution in [-0.2, 0) is 19.2 Å². The van der Waals surface area contributed by atoms with Crippen LogP contribution in [0.3, 0.4) is 0 Å². The van der Waals surface area contributed by atoms with E-state index in [2.05, 4.69) is 0 Å². The van der Waals surface area contributed by atoms with Gasteiger partial charge in [0.05, 0.1) is 11.8 Å². The maximum atomic E-state index is 11.1. The summed E-state index contributed by atoms with van der Waals surface area (Å²) in [5, 5.41) is 35.6. The van der Waals surface area contributed by atoms with E-state index in [1.807, 2.05) is 0 Å². The molecule has 1 aliphatic rings. The van der Waals surface area contributed by atoms with Gasteiger partial charge in [-0.05, 0) is 12.8 Å². The highest BCUT2D eigenvalue weighted by molar-refractivity contribution is 6.06. The third kappa shape index (κ3) is 1.61. The van der Waals surface area contributed by atoms with Crippen LogP contribution in [0.15, 0.2) is 0 Å². The van der Waals surface area contributed by atoms with Crippen LogP contribution in [0.2, 0.25) is 0 Å². The molecule has 0 bridgehead atoms. The molecule has 8 nitrogen and oxygen atoms in total. The molecule has 2 unspecified atom stereocenters. The summed E-state index contributed by atoms with van der Waals surface area (Å²) in [5.74, 6) is -10.6. The fourth-order valence-corrected chi connectivity index (χ4v) is 2.36. The van der Waals surface area contributed by atoms with Crippen LogP contribution in [0.4, 0.5) is 0 Å². The van der Waals surface area contributed by atoms with E-state index in [9.17, 15) is 19.2 Å². The first-order valence-electron chi connectivity index (χ1n) is 4.68. The van der Waals surface area contributed by atoms with E-state index < -0.39 is 41.1 Å². The molecule has 17 heavy (non-hydrogen) atoms. The predicted octanol–water partition coefficient (Wildman–Crippen LogP) is -0.663. The molecular formula is C9H10O8. The van der Waals surface area contributed by atoms with Crippen LogP contribution in [0.5, 0.6) is 0 Å². The lowest BCUT2D eigenvalue weighted by atomic mass is 9.71. The number of carboxylic acids is 4. The molecule has 0 aromatic heterocycles. The Morgan fingerprint density at radius 2 is 1.06 bits per heavy atom. The Kier molecular flexibility index (Phi) is 3.08. The monoisotopic (exact) mass is 246 g/mol. The van der Waals surface area contributed by atoms with E-state index >= 15 is 0 Å². The van der Waals surface area contributed by atoms with Crippen LogP contribution in [-0.4, -0.2) is 44.3 Å². The van der Waals surface area contributed by atoms with Crippen molar-refractivity contribution in [3.63, 3.8) is 0 Å². The molecule has 2 atom stereocenters. The summed E-state index contributed by atoms with van der Waals surface area (Å²) in [6.45, 7) is 0. The van der Waals surface area contributed by atoms with Gasteiger partial charge in [-0.3, -0.25) is 19.2 Å².